The van der Waals surface area contributed by atoms with Crippen molar-refractivity contribution in [2.75, 3.05) is 18.5 Å². The van der Waals surface area contributed by atoms with Gasteiger partial charge in [-0.1, -0.05) is 29.8 Å². The van der Waals surface area contributed by atoms with Crippen molar-refractivity contribution in [1.29, 1.82) is 0 Å². The van der Waals surface area contributed by atoms with Crippen LogP contribution in [0.25, 0.3) is 0 Å². The maximum atomic E-state index is 6.10. The largest absolute Gasteiger partial charge is 0.492 e. The zero-order valence-electron chi connectivity index (χ0n) is 12.1. The molecule has 0 atom stereocenters. The molecule has 0 saturated heterocycles. The number of nitrogens with one attached hydrogen (secondary N) is 1. The highest BCUT2D eigenvalue weighted by molar-refractivity contribution is 6.33. The molecule has 1 N–H and O–H groups in total. The van der Waals surface area contributed by atoms with Crippen molar-refractivity contribution in [2.45, 2.75) is 25.7 Å². The zero-order valence-corrected chi connectivity index (χ0v) is 12.8. The summed E-state index contributed by atoms with van der Waals surface area (Å²) in [6, 6.07) is 14.3. The Hall–Kier alpha value is -1.67. The molecule has 3 heteroatoms. The number of hydrogen-bond donors (Lipinski definition) is 1. The van der Waals surface area contributed by atoms with Crippen LogP contribution in [0.3, 0.4) is 0 Å². The number of aryl methyl sites for hydroxylation is 2. The molecule has 0 spiro atoms. The van der Waals surface area contributed by atoms with Crippen LogP contribution in [0.4, 0.5) is 5.69 Å². The number of benzene rings is 2. The Kier molecular flexibility index (Phi) is 4.66. The zero-order chi connectivity index (χ0) is 14.5. The van der Waals surface area contributed by atoms with Gasteiger partial charge in [0.1, 0.15) is 12.4 Å². The second-order valence-electron chi connectivity index (χ2n) is 5.39. The molecule has 0 heterocycles. The van der Waals surface area contributed by atoms with Gasteiger partial charge in [-0.15, -0.1) is 0 Å². The summed E-state index contributed by atoms with van der Waals surface area (Å²) in [6.07, 6.45) is 5.01. The quantitative estimate of drug-likeness (QED) is 0.808. The minimum Gasteiger partial charge on any atom is -0.492 e. The molecule has 2 aromatic carbocycles. The van der Waals surface area contributed by atoms with E-state index in [9.17, 15) is 0 Å². The van der Waals surface area contributed by atoms with E-state index >= 15 is 0 Å². The standard InChI is InChI=1S/C18H20ClNO/c19-17-7-3-4-8-18(17)20-11-12-21-16-10-9-14-5-1-2-6-15(14)13-16/h3-4,7-10,13,20H,1-2,5-6,11-12H2. The normalized spacial score (nSPS) is 13.6. The second kappa shape index (κ2) is 6.86. The smallest absolute Gasteiger partial charge is 0.119 e. The molecule has 1 aliphatic carbocycles. The highest BCUT2D eigenvalue weighted by Gasteiger charge is 2.09. The van der Waals surface area contributed by atoms with Gasteiger partial charge < -0.3 is 10.1 Å². The number of hydrogen-bond acceptors (Lipinski definition) is 2. The Bertz CT molecular complexity index is 612. The molecule has 0 unspecified atom stereocenters. The molecule has 0 aliphatic heterocycles. The fourth-order valence-corrected chi connectivity index (χ4v) is 2.96. The summed E-state index contributed by atoms with van der Waals surface area (Å²) in [4.78, 5) is 0. The monoisotopic (exact) mass is 301 g/mol. The van der Waals surface area contributed by atoms with Crippen LogP contribution >= 0.6 is 11.6 Å². The average Bonchev–Trinajstić information content (AvgIpc) is 2.53. The first-order chi connectivity index (χ1) is 10.3. The fourth-order valence-electron chi connectivity index (χ4n) is 2.76. The lowest BCUT2D eigenvalue weighted by Gasteiger charge is -2.17. The Morgan fingerprint density at radius 1 is 1.00 bits per heavy atom. The van der Waals surface area contributed by atoms with Crippen molar-refractivity contribution in [3.05, 3.63) is 58.6 Å². The van der Waals surface area contributed by atoms with E-state index in [0.717, 1.165) is 23.0 Å². The second-order valence-corrected chi connectivity index (χ2v) is 5.80. The van der Waals surface area contributed by atoms with Crippen molar-refractivity contribution in [3.63, 3.8) is 0 Å². The van der Waals surface area contributed by atoms with Crippen LogP contribution in [-0.4, -0.2) is 13.2 Å². The van der Waals surface area contributed by atoms with Crippen LogP contribution in [0.1, 0.15) is 24.0 Å². The topological polar surface area (TPSA) is 21.3 Å². The number of ether oxygens (including phenoxy) is 1. The van der Waals surface area contributed by atoms with Crippen LogP contribution in [0.5, 0.6) is 5.75 Å². The molecule has 0 saturated carbocycles. The van der Waals surface area contributed by atoms with Crippen molar-refractivity contribution in [2.24, 2.45) is 0 Å². The third kappa shape index (κ3) is 3.70. The molecular weight excluding hydrogens is 282 g/mol. The van der Waals surface area contributed by atoms with Crippen LogP contribution in [0.15, 0.2) is 42.5 Å². The van der Waals surface area contributed by atoms with Crippen molar-refractivity contribution in [3.8, 4) is 5.75 Å². The average molecular weight is 302 g/mol. The molecule has 2 nitrogen and oxygen atoms in total. The summed E-state index contributed by atoms with van der Waals surface area (Å²) in [7, 11) is 0. The molecular formula is C18H20ClNO. The molecule has 1 aliphatic rings. The van der Waals surface area contributed by atoms with Gasteiger partial charge in [-0.2, -0.15) is 0 Å². The van der Waals surface area contributed by atoms with Crippen molar-refractivity contribution < 1.29 is 4.74 Å². The van der Waals surface area contributed by atoms with Crippen LogP contribution in [-0.2, 0) is 12.8 Å². The van der Waals surface area contributed by atoms with Crippen LogP contribution in [0.2, 0.25) is 5.02 Å². The van der Waals surface area contributed by atoms with Gasteiger partial charge in [-0.3, -0.25) is 0 Å². The molecule has 0 bridgehead atoms. The van der Waals surface area contributed by atoms with Crippen LogP contribution in [0, 0.1) is 0 Å². The van der Waals surface area contributed by atoms with E-state index in [0.29, 0.717) is 6.61 Å². The van der Waals surface area contributed by atoms with E-state index in [1.165, 1.54) is 36.8 Å². The predicted octanol–water partition coefficient (Wildman–Crippen LogP) is 4.71. The summed E-state index contributed by atoms with van der Waals surface area (Å²) in [5.74, 6) is 0.969. The van der Waals surface area contributed by atoms with Gasteiger partial charge >= 0.3 is 0 Å². The molecule has 0 fully saturated rings. The van der Waals surface area contributed by atoms with Gasteiger partial charge in [-0.05, 0) is 61.1 Å². The molecule has 0 radical (unpaired) electrons. The van der Waals surface area contributed by atoms with E-state index in [-0.39, 0.29) is 0 Å². The molecule has 110 valence electrons. The Morgan fingerprint density at radius 2 is 1.81 bits per heavy atom. The summed E-state index contributed by atoms with van der Waals surface area (Å²) in [5.41, 5.74) is 3.90. The van der Waals surface area contributed by atoms with E-state index < -0.39 is 0 Å². The van der Waals surface area contributed by atoms with Gasteiger partial charge in [0.25, 0.3) is 0 Å². The molecule has 0 aromatic heterocycles. The first-order valence-electron chi connectivity index (χ1n) is 7.56. The third-order valence-corrected chi connectivity index (χ3v) is 4.21. The molecule has 2 aromatic rings. The lowest BCUT2D eigenvalue weighted by atomic mass is 9.92. The number of anilines is 1. The Morgan fingerprint density at radius 3 is 2.67 bits per heavy atom. The fraction of sp³-hybridized carbons (Fsp3) is 0.333. The minimum atomic E-state index is 0.629. The van der Waals surface area contributed by atoms with Gasteiger partial charge in [0.2, 0.25) is 0 Å². The maximum Gasteiger partial charge on any atom is 0.119 e. The predicted molar refractivity (Wildman–Crippen MR) is 88.5 cm³/mol. The number of rotatable bonds is 5. The lowest BCUT2D eigenvalue weighted by Crippen LogP contribution is -2.12. The van der Waals surface area contributed by atoms with Gasteiger partial charge in [0.15, 0.2) is 0 Å². The van der Waals surface area contributed by atoms with E-state index in [1.807, 2.05) is 24.3 Å². The third-order valence-electron chi connectivity index (χ3n) is 3.88. The SMILES string of the molecule is Clc1ccccc1NCCOc1ccc2c(c1)CCCC2. The first-order valence-corrected chi connectivity index (χ1v) is 7.94. The molecule has 3 rings (SSSR count). The maximum absolute atomic E-state index is 6.10. The summed E-state index contributed by atoms with van der Waals surface area (Å²) >= 11 is 6.10. The summed E-state index contributed by atoms with van der Waals surface area (Å²) in [5, 5.41) is 4.03. The molecule has 0 amide bonds. The number of fused-ring (bicyclic) bond motifs is 1. The summed E-state index contributed by atoms with van der Waals surface area (Å²) in [6.45, 7) is 1.37. The highest BCUT2D eigenvalue weighted by atomic mass is 35.5. The Balaban J connectivity index is 1.50. The first kappa shape index (κ1) is 14.3. The van der Waals surface area contributed by atoms with E-state index in [4.69, 9.17) is 16.3 Å². The number of halogens is 1. The highest BCUT2D eigenvalue weighted by Crippen LogP contribution is 2.25. The van der Waals surface area contributed by atoms with Gasteiger partial charge in [-0.25, -0.2) is 0 Å². The summed E-state index contributed by atoms with van der Waals surface area (Å²) < 4.78 is 5.83. The van der Waals surface area contributed by atoms with Gasteiger partial charge in [0.05, 0.1) is 10.7 Å². The van der Waals surface area contributed by atoms with Crippen molar-refractivity contribution >= 4 is 17.3 Å². The number of para-hydroxylation sites is 1. The Labute approximate surface area is 131 Å². The minimum absolute atomic E-state index is 0.629. The van der Waals surface area contributed by atoms with Crippen LogP contribution < -0.4 is 10.1 Å². The van der Waals surface area contributed by atoms with E-state index in [2.05, 4.69) is 23.5 Å². The van der Waals surface area contributed by atoms with E-state index in [1.54, 1.807) is 0 Å². The lowest BCUT2D eigenvalue weighted by molar-refractivity contribution is 0.332. The van der Waals surface area contributed by atoms with Gasteiger partial charge in [0, 0.05) is 6.54 Å². The van der Waals surface area contributed by atoms with Crippen molar-refractivity contribution in [1.82, 2.24) is 0 Å². The molecule has 21 heavy (non-hydrogen) atoms.